The summed E-state index contributed by atoms with van der Waals surface area (Å²) in [6, 6.07) is 5.47. The Bertz CT molecular complexity index is 932. The highest BCUT2D eigenvalue weighted by Gasteiger charge is 2.61. The highest BCUT2D eigenvalue weighted by atomic mass is 35.5. The van der Waals surface area contributed by atoms with Gasteiger partial charge in [-0.2, -0.15) is 0 Å². The minimum Gasteiger partial charge on any atom is -0.452 e. The van der Waals surface area contributed by atoms with Gasteiger partial charge in [0, 0.05) is 10.6 Å². The van der Waals surface area contributed by atoms with E-state index in [1.807, 2.05) is 0 Å². The molecule has 1 aromatic rings. The van der Waals surface area contributed by atoms with Gasteiger partial charge in [-0.3, -0.25) is 9.59 Å². The van der Waals surface area contributed by atoms with E-state index in [1.54, 1.807) is 0 Å². The summed E-state index contributed by atoms with van der Waals surface area (Å²) in [6.07, 6.45) is 4.29. The maximum atomic E-state index is 13.0. The number of nitrogens with two attached hydrogens (primary N) is 1. The standard InChI is InChI=1S/C20H25ClN2O5S/c1-12(17(24)23-15-2-4-16(5-3-15)29(22,26)27)28-18(25)19-7-13-6-14(8-19)10-20(21,9-13)11-19/h2-5,12-14H,6-11H2,1H3,(H,23,24)(H2,22,26,27). The number of amides is 1. The van der Waals surface area contributed by atoms with E-state index in [0.717, 1.165) is 32.1 Å². The minimum absolute atomic E-state index is 0.0493. The van der Waals surface area contributed by atoms with Crippen LogP contribution in [0.1, 0.15) is 45.4 Å². The fourth-order valence-corrected chi connectivity index (χ4v) is 6.91. The molecule has 3 unspecified atom stereocenters. The number of primary sulfonamides is 1. The zero-order chi connectivity index (χ0) is 21.0. The lowest BCUT2D eigenvalue weighted by atomic mass is 9.49. The summed E-state index contributed by atoms with van der Waals surface area (Å²) < 4.78 is 28.2. The van der Waals surface area contributed by atoms with Crippen molar-refractivity contribution in [2.75, 3.05) is 5.32 Å². The van der Waals surface area contributed by atoms with E-state index in [-0.39, 0.29) is 15.7 Å². The van der Waals surface area contributed by atoms with Crippen LogP contribution in [-0.2, 0) is 24.3 Å². The highest BCUT2D eigenvalue weighted by Crippen LogP contribution is 2.64. The Morgan fingerprint density at radius 1 is 1.17 bits per heavy atom. The van der Waals surface area contributed by atoms with Gasteiger partial charge in [-0.15, -0.1) is 11.6 Å². The topological polar surface area (TPSA) is 116 Å². The summed E-state index contributed by atoms with van der Waals surface area (Å²) in [5.74, 6) is 0.112. The minimum atomic E-state index is -3.80. The predicted octanol–water partition coefficient (Wildman–Crippen LogP) is 2.78. The van der Waals surface area contributed by atoms with Gasteiger partial charge in [-0.05, 0) is 81.5 Å². The number of benzene rings is 1. The largest absolute Gasteiger partial charge is 0.452 e. The van der Waals surface area contributed by atoms with Gasteiger partial charge in [-0.25, -0.2) is 13.6 Å². The lowest BCUT2D eigenvalue weighted by Crippen LogP contribution is -2.57. The third kappa shape index (κ3) is 4.02. The molecule has 5 rings (SSSR count). The number of carbonyl (C=O) groups is 2. The molecule has 4 aliphatic carbocycles. The molecule has 0 saturated heterocycles. The van der Waals surface area contributed by atoms with Crippen molar-refractivity contribution >= 4 is 39.2 Å². The highest BCUT2D eigenvalue weighted by molar-refractivity contribution is 7.89. The van der Waals surface area contributed by atoms with Gasteiger partial charge in [0.2, 0.25) is 10.0 Å². The Hall–Kier alpha value is -1.64. The van der Waals surface area contributed by atoms with Crippen LogP contribution in [-0.4, -0.2) is 31.3 Å². The first-order chi connectivity index (χ1) is 13.5. The lowest BCUT2D eigenvalue weighted by molar-refractivity contribution is -0.176. The van der Waals surface area contributed by atoms with Crippen molar-refractivity contribution in [2.24, 2.45) is 22.4 Å². The van der Waals surface area contributed by atoms with Crippen LogP contribution in [0.2, 0.25) is 0 Å². The van der Waals surface area contributed by atoms with Crippen molar-refractivity contribution in [1.29, 1.82) is 0 Å². The second-order valence-corrected chi connectivity index (χ2v) is 11.4. The molecule has 1 amide bonds. The lowest BCUT2D eigenvalue weighted by Gasteiger charge is -2.58. The Balaban J connectivity index is 1.39. The van der Waals surface area contributed by atoms with Crippen LogP contribution >= 0.6 is 11.6 Å². The smallest absolute Gasteiger partial charge is 0.312 e. The molecule has 3 atom stereocenters. The van der Waals surface area contributed by atoms with Crippen molar-refractivity contribution < 1.29 is 22.7 Å². The second-order valence-electron chi connectivity index (χ2n) is 9.00. The summed E-state index contributed by atoms with van der Waals surface area (Å²) in [6.45, 7) is 1.53. The maximum Gasteiger partial charge on any atom is 0.312 e. The van der Waals surface area contributed by atoms with Gasteiger partial charge in [0.15, 0.2) is 6.10 Å². The molecule has 9 heteroatoms. The predicted molar refractivity (Wildman–Crippen MR) is 108 cm³/mol. The molecule has 1 aromatic carbocycles. The third-order valence-corrected chi connectivity index (χ3v) is 7.90. The van der Waals surface area contributed by atoms with E-state index >= 15 is 0 Å². The van der Waals surface area contributed by atoms with Gasteiger partial charge >= 0.3 is 5.97 Å². The van der Waals surface area contributed by atoms with E-state index in [4.69, 9.17) is 21.5 Å². The summed E-state index contributed by atoms with van der Waals surface area (Å²) in [4.78, 5) is 25.1. The van der Waals surface area contributed by atoms with E-state index in [2.05, 4.69) is 5.32 Å². The quantitative estimate of drug-likeness (QED) is 0.539. The van der Waals surface area contributed by atoms with Crippen molar-refractivity contribution in [3.05, 3.63) is 24.3 Å². The number of ether oxygens (including phenoxy) is 1. The number of anilines is 1. The normalized spacial score (nSPS) is 33.9. The summed E-state index contributed by atoms with van der Waals surface area (Å²) in [5.41, 5.74) is -0.183. The van der Waals surface area contributed by atoms with Crippen LogP contribution in [0.4, 0.5) is 5.69 Å². The molecule has 4 saturated carbocycles. The Morgan fingerprint density at radius 3 is 2.28 bits per heavy atom. The van der Waals surface area contributed by atoms with Crippen molar-refractivity contribution in [3.8, 4) is 0 Å². The van der Waals surface area contributed by atoms with Gasteiger partial charge in [-0.1, -0.05) is 0 Å². The molecule has 0 aromatic heterocycles. The van der Waals surface area contributed by atoms with Crippen molar-refractivity contribution in [1.82, 2.24) is 0 Å². The van der Waals surface area contributed by atoms with Gasteiger partial charge < -0.3 is 10.1 Å². The average molecular weight is 441 g/mol. The summed E-state index contributed by atoms with van der Waals surface area (Å²) >= 11 is 6.78. The number of carbonyl (C=O) groups excluding carboxylic acids is 2. The van der Waals surface area contributed by atoms with Gasteiger partial charge in [0.25, 0.3) is 5.91 Å². The van der Waals surface area contributed by atoms with Crippen LogP contribution < -0.4 is 10.5 Å². The molecule has 7 nitrogen and oxygen atoms in total. The Labute approximate surface area is 175 Å². The summed E-state index contributed by atoms with van der Waals surface area (Å²) in [5, 5.41) is 7.69. The number of alkyl halides is 1. The van der Waals surface area contributed by atoms with Crippen LogP contribution in [0.25, 0.3) is 0 Å². The van der Waals surface area contributed by atoms with Crippen LogP contribution in [0.15, 0.2) is 29.2 Å². The summed E-state index contributed by atoms with van der Waals surface area (Å²) in [7, 11) is -3.80. The molecule has 158 valence electrons. The first kappa shape index (κ1) is 20.6. The van der Waals surface area contributed by atoms with Crippen LogP contribution in [0.3, 0.4) is 0 Å². The van der Waals surface area contributed by atoms with Gasteiger partial charge in [0.05, 0.1) is 10.3 Å². The van der Waals surface area contributed by atoms with Gasteiger partial charge in [0.1, 0.15) is 0 Å². The fraction of sp³-hybridized carbons (Fsp3) is 0.600. The number of sulfonamides is 1. The Kier molecular flexibility index (Phi) is 4.95. The van der Waals surface area contributed by atoms with E-state index in [1.165, 1.54) is 31.2 Å². The van der Waals surface area contributed by atoms with E-state index < -0.39 is 27.4 Å². The average Bonchev–Trinajstić information content (AvgIpc) is 2.59. The number of hydrogen-bond acceptors (Lipinski definition) is 5. The monoisotopic (exact) mass is 440 g/mol. The molecule has 0 radical (unpaired) electrons. The zero-order valence-electron chi connectivity index (χ0n) is 16.2. The SMILES string of the molecule is CC(OC(=O)C12CC3CC(CC(Cl)(C3)C1)C2)C(=O)Nc1ccc(S(N)(=O)=O)cc1. The first-order valence-electron chi connectivity index (χ1n) is 9.82. The molecule has 0 aliphatic heterocycles. The molecule has 4 aliphatic rings. The number of nitrogens with one attached hydrogen (secondary N) is 1. The number of hydrogen-bond donors (Lipinski definition) is 2. The fourth-order valence-electron chi connectivity index (χ4n) is 5.70. The molecule has 0 heterocycles. The molecule has 3 N–H and O–H groups in total. The number of halogens is 1. The van der Waals surface area contributed by atoms with Crippen LogP contribution in [0, 0.1) is 17.3 Å². The number of esters is 1. The molecular weight excluding hydrogens is 416 g/mol. The van der Waals surface area contributed by atoms with Crippen molar-refractivity contribution in [2.45, 2.75) is 61.3 Å². The third-order valence-electron chi connectivity index (χ3n) is 6.53. The molecule has 4 bridgehead atoms. The molecule has 4 fully saturated rings. The van der Waals surface area contributed by atoms with E-state index in [9.17, 15) is 18.0 Å². The number of rotatable bonds is 5. The molecular formula is C20H25ClN2O5S. The van der Waals surface area contributed by atoms with Crippen molar-refractivity contribution in [3.63, 3.8) is 0 Å². The Morgan fingerprint density at radius 2 is 1.76 bits per heavy atom. The first-order valence-corrected chi connectivity index (χ1v) is 11.7. The maximum absolute atomic E-state index is 13.0. The molecule has 0 spiro atoms. The van der Waals surface area contributed by atoms with Crippen LogP contribution in [0.5, 0.6) is 0 Å². The van der Waals surface area contributed by atoms with E-state index in [0.29, 0.717) is 23.9 Å². The molecule has 29 heavy (non-hydrogen) atoms. The zero-order valence-corrected chi connectivity index (χ0v) is 17.8. The second kappa shape index (κ2) is 6.96.